The molecule has 0 atom stereocenters. The molecule has 0 aliphatic carbocycles. The van der Waals surface area contributed by atoms with Crippen LogP contribution >= 0.6 is 0 Å². The van der Waals surface area contributed by atoms with Gasteiger partial charge in [0.2, 0.25) is 0 Å². The summed E-state index contributed by atoms with van der Waals surface area (Å²) in [5.41, 5.74) is 0. The van der Waals surface area contributed by atoms with Crippen molar-refractivity contribution in [3.05, 3.63) is 12.2 Å². The monoisotopic (exact) mass is 97.1 g/mol. The Labute approximate surface area is 44.8 Å². The van der Waals surface area contributed by atoms with Gasteiger partial charge in [0.15, 0.2) is 0 Å². The highest BCUT2D eigenvalue weighted by Gasteiger charge is 1.57. The lowest BCUT2D eigenvalue weighted by Crippen LogP contribution is -1.66. The van der Waals surface area contributed by atoms with Crippen LogP contribution < -0.4 is 0 Å². The molecular weight excluding hydrogens is 86.1 g/mol. The Hall–Kier alpha value is -0.590. The number of aliphatic imine (C=N–C) groups is 1. The van der Waals surface area contributed by atoms with Gasteiger partial charge in [-0.3, -0.25) is 4.99 Å². The van der Waals surface area contributed by atoms with Crippen LogP contribution in [-0.2, 0) is 0 Å². The van der Waals surface area contributed by atoms with Gasteiger partial charge in [0.05, 0.1) is 0 Å². The van der Waals surface area contributed by atoms with Crippen LogP contribution in [0.4, 0.5) is 0 Å². The van der Waals surface area contributed by atoms with Crippen molar-refractivity contribution in [2.75, 3.05) is 6.54 Å². The molecule has 0 N–H and O–H groups in total. The first-order valence-electron chi connectivity index (χ1n) is 2.53. The molecule has 0 amide bonds. The third-order valence-corrected chi connectivity index (χ3v) is 0.566. The summed E-state index contributed by atoms with van der Waals surface area (Å²) >= 11 is 0. The molecule has 0 heterocycles. The first-order valence-corrected chi connectivity index (χ1v) is 2.53. The highest BCUT2D eigenvalue weighted by atomic mass is 14.7. The minimum Gasteiger partial charge on any atom is -0.293 e. The van der Waals surface area contributed by atoms with Crippen molar-refractivity contribution in [2.24, 2.45) is 4.99 Å². The standard InChI is InChI=1S/C6H11N/c1-3-5-6-7-4-2/h3,5-6H,4H2,1-2H3/b5-3+,7-6?. The number of hydrogen-bond acceptors (Lipinski definition) is 1. The number of nitrogens with zero attached hydrogens (tertiary/aromatic N) is 1. The van der Waals surface area contributed by atoms with Crippen molar-refractivity contribution in [1.29, 1.82) is 0 Å². The molecule has 0 radical (unpaired) electrons. The SMILES string of the molecule is C/C=C/C=NCC. The minimum absolute atomic E-state index is 0.879. The van der Waals surface area contributed by atoms with E-state index in [1.807, 2.05) is 26.0 Å². The molecule has 0 aromatic rings. The van der Waals surface area contributed by atoms with Crippen LogP contribution in [0.2, 0.25) is 0 Å². The van der Waals surface area contributed by atoms with Crippen LogP contribution in [0, 0.1) is 0 Å². The van der Waals surface area contributed by atoms with Gasteiger partial charge in [-0.1, -0.05) is 6.08 Å². The zero-order valence-electron chi connectivity index (χ0n) is 4.89. The van der Waals surface area contributed by atoms with E-state index in [0.29, 0.717) is 0 Å². The van der Waals surface area contributed by atoms with Crippen molar-refractivity contribution in [3.63, 3.8) is 0 Å². The van der Waals surface area contributed by atoms with E-state index in [1.54, 1.807) is 6.21 Å². The molecule has 0 saturated heterocycles. The summed E-state index contributed by atoms with van der Waals surface area (Å²) in [6, 6.07) is 0. The fourth-order valence-corrected chi connectivity index (χ4v) is 0.252. The predicted octanol–water partition coefficient (Wildman–Crippen LogP) is 1.65. The van der Waals surface area contributed by atoms with Gasteiger partial charge in [-0.05, 0) is 19.9 Å². The zero-order chi connectivity index (χ0) is 5.54. The largest absolute Gasteiger partial charge is 0.293 e. The van der Waals surface area contributed by atoms with E-state index < -0.39 is 0 Å². The van der Waals surface area contributed by atoms with E-state index in [4.69, 9.17) is 0 Å². The van der Waals surface area contributed by atoms with E-state index in [1.165, 1.54) is 0 Å². The maximum absolute atomic E-state index is 3.95. The van der Waals surface area contributed by atoms with Gasteiger partial charge in [-0.25, -0.2) is 0 Å². The third kappa shape index (κ3) is 5.41. The van der Waals surface area contributed by atoms with E-state index in [-0.39, 0.29) is 0 Å². The second-order valence-electron chi connectivity index (χ2n) is 1.17. The molecule has 0 spiro atoms. The lowest BCUT2D eigenvalue weighted by Gasteiger charge is -1.72. The van der Waals surface area contributed by atoms with Crippen molar-refractivity contribution < 1.29 is 0 Å². The number of hydrogen-bond donors (Lipinski definition) is 0. The van der Waals surface area contributed by atoms with Gasteiger partial charge in [-0.2, -0.15) is 0 Å². The molecule has 0 aromatic carbocycles. The Morgan fingerprint density at radius 1 is 1.57 bits per heavy atom. The topological polar surface area (TPSA) is 12.4 Å². The van der Waals surface area contributed by atoms with Crippen LogP contribution in [0.15, 0.2) is 17.1 Å². The summed E-state index contributed by atoms with van der Waals surface area (Å²) in [7, 11) is 0. The minimum atomic E-state index is 0.879. The molecule has 0 saturated carbocycles. The van der Waals surface area contributed by atoms with Gasteiger partial charge in [0.1, 0.15) is 0 Å². The second-order valence-corrected chi connectivity index (χ2v) is 1.17. The fraction of sp³-hybridized carbons (Fsp3) is 0.500. The Balaban J connectivity index is 3.09. The summed E-state index contributed by atoms with van der Waals surface area (Å²) in [4.78, 5) is 3.95. The van der Waals surface area contributed by atoms with E-state index >= 15 is 0 Å². The molecule has 7 heavy (non-hydrogen) atoms. The van der Waals surface area contributed by atoms with Gasteiger partial charge >= 0.3 is 0 Å². The maximum atomic E-state index is 3.95. The molecule has 1 heteroatoms. The Morgan fingerprint density at radius 2 is 2.29 bits per heavy atom. The molecule has 0 unspecified atom stereocenters. The summed E-state index contributed by atoms with van der Waals surface area (Å²) < 4.78 is 0. The van der Waals surface area contributed by atoms with Crippen molar-refractivity contribution >= 4 is 6.21 Å². The molecule has 1 nitrogen and oxygen atoms in total. The molecular formula is C6H11N. The van der Waals surface area contributed by atoms with Crippen LogP contribution in [0.5, 0.6) is 0 Å². The lowest BCUT2D eigenvalue weighted by atomic mass is 10.6. The molecule has 0 fully saturated rings. The predicted molar refractivity (Wildman–Crippen MR) is 33.8 cm³/mol. The molecule has 0 aliphatic rings. The second kappa shape index (κ2) is 5.41. The molecule has 0 aliphatic heterocycles. The zero-order valence-corrected chi connectivity index (χ0v) is 4.89. The average molecular weight is 97.2 g/mol. The third-order valence-electron chi connectivity index (χ3n) is 0.566. The fourth-order valence-electron chi connectivity index (χ4n) is 0.252. The van der Waals surface area contributed by atoms with Gasteiger partial charge < -0.3 is 0 Å². The highest BCUT2D eigenvalue weighted by molar-refractivity contribution is 5.70. The molecule has 0 aromatic heterocycles. The smallest absolute Gasteiger partial charge is 0.0360 e. The van der Waals surface area contributed by atoms with Crippen molar-refractivity contribution in [3.8, 4) is 0 Å². The molecule has 0 rings (SSSR count). The van der Waals surface area contributed by atoms with E-state index in [0.717, 1.165) is 6.54 Å². The summed E-state index contributed by atoms with van der Waals surface area (Å²) in [6.07, 6.45) is 5.68. The Kier molecular flexibility index (Phi) is 4.95. The first kappa shape index (κ1) is 6.41. The van der Waals surface area contributed by atoms with Gasteiger partial charge in [0.25, 0.3) is 0 Å². The Bertz CT molecular complexity index is 72.2. The number of rotatable bonds is 2. The normalized spacial score (nSPS) is 11.7. The molecule has 0 bridgehead atoms. The number of allylic oxidation sites excluding steroid dienone is 2. The highest BCUT2D eigenvalue weighted by Crippen LogP contribution is 1.65. The van der Waals surface area contributed by atoms with Crippen LogP contribution in [0.3, 0.4) is 0 Å². The van der Waals surface area contributed by atoms with Crippen LogP contribution in [0.1, 0.15) is 13.8 Å². The van der Waals surface area contributed by atoms with E-state index in [2.05, 4.69) is 4.99 Å². The first-order chi connectivity index (χ1) is 3.41. The summed E-state index contributed by atoms with van der Waals surface area (Å²) in [5.74, 6) is 0. The van der Waals surface area contributed by atoms with Crippen LogP contribution in [0.25, 0.3) is 0 Å². The quantitative estimate of drug-likeness (QED) is 0.464. The maximum Gasteiger partial charge on any atom is 0.0360 e. The lowest BCUT2D eigenvalue weighted by molar-refractivity contribution is 1.14. The molecule has 40 valence electrons. The van der Waals surface area contributed by atoms with E-state index in [9.17, 15) is 0 Å². The van der Waals surface area contributed by atoms with Crippen molar-refractivity contribution in [2.45, 2.75) is 13.8 Å². The van der Waals surface area contributed by atoms with Gasteiger partial charge in [0, 0.05) is 12.8 Å². The Morgan fingerprint density at radius 3 is 2.71 bits per heavy atom. The van der Waals surface area contributed by atoms with Crippen LogP contribution in [-0.4, -0.2) is 12.8 Å². The van der Waals surface area contributed by atoms with Crippen molar-refractivity contribution in [1.82, 2.24) is 0 Å². The summed E-state index contributed by atoms with van der Waals surface area (Å²) in [6.45, 7) is 4.87. The average Bonchev–Trinajstić information content (AvgIpc) is 1.69. The summed E-state index contributed by atoms with van der Waals surface area (Å²) in [5, 5.41) is 0. The van der Waals surface area contributed by atoms with Gasteiger partial charge in [-0.15, -0.1) is 0 Å².